The first-order chi connectivity index (χ1) is 16.3. The van der Waals surface area contributed by atoms with E-state index in [0.717, 1.165) is 17.4 Å². The largest absolute Gasteiger partial charge is 0.478 e. The zero-order chi connectivity index (χ0) is 26.0. The number of urea groups is 1. The van der Waals surface area contributed by atoms with Crippen molar-refractivity contribution in [1.29, 1.82) is 0 Å². The van der Waals surface area contributed by atoms with Gasteiger partial charge in [-0.25, -0.2) is 18.0 Å². The molecule has 0 saturated carbocycles. The van der Waals surface area contributed by atoms with Crippen LogP contribution in [0.5, 0.6) is 0 Å². The van der Waals surface area contributed by atoms with Gasteiger partial charge in [0, 0.05) is 11.9 Å². The van der Waals surface area contributed by atoms with Crippen molar-refractivity contribution < 1.29 is 23.1 Å². The highest BCUT2D eigenvalue weighted by atomic mass is 32.2. The van der Waals surface area contributed by atoms with Gasteiger partial charge in [-0.1, -0.05) is 63.2 Å². The topological polar surface area (TPSA) is 113 Å². The van der Waals surface area contributed by atoms with Crippen LogP contribution in [0.3, 0.4) is 0 Å². The number of anilines is 1. The van der Waals surface area contributed by atoms with E-state index < -0.39 is 27.9 Å². The summed E-state index contributed by atoms with van der Waals surface area (Å²) in [6.07, 6.45) is 1.12. The van der Waals surface area contributed by atoms with Crippen LogP contribution in [-0.2, 0) is 15.3 Å². The Morgan fingerprint density at radius 1 is 0.886 bits per heavy atom. The minimum Gasteiger partial charge on any atom is -0.478 e. The Labute approximate surface area is 206 Å². The molecule has 8 heteroatoms. The molecule has 0 bridgehead atoms. The van der Waals surface area contributed by atoms with Gasteiger partial charge in [-0.15, -0.1) is 0 Å². The molecular formula is C27H30N2O5S. The van der Waals surface area contributed by atoms with E-state index in [0.29, 0.717) is 16.8 Å². The van der Waals surface area contributed by atoms with E-state index in [9.17, 15) is 23.1 Å². The Kier molecular flexibility index (Phi) is 7.36. The van der Waals surface area contributed by atoms with Crippen LogP contribution < -0.4 is 10.6 Å². The number of carboxylic acids is 1. The van der Waals surface area contributed by atoms with Crippen molar-refractivity contribution in [3.63, 3.8) is 0 Å². The number of aryl methyl sites for hydroxylation is 1. The maximum absolute atomic E-state index is 13.0. The fourth-order valence-electron chi connectivity index (χ4n) is 3.73. The zero-order valence-electron chi connectivity index (χ0n) is 20.4. The molecule has 184 valence electrons. The van der Waals surface area contributed by atoms with E-state index >= 15 is 0 Å². The summed E-state index contributed by atoms with van der Waals surface area (Å²) < 4.78 is 24.1. The van der Waals surface area contributed by atoms with Crippen molar-refractivity contribution in [1.82, 2.24) is 5.32 Å². The highest BCUT2D eigenvalue weighted by Crippen LogP contribution is 2.28. The lowest BCUT2D eigenvalue weighted by atomic mass is 9.85. The van der Waals surface area contributed by atoms with E-state index in [1.165, 1.54) is 18.2 Å². The molecule has 0 aliphatic rings. The first-order valence-electron chi connectivity index (χ1n) is 11.1. The van der Waals surface area contributed by atoms with E-state index in [2.05, 4.69) is 31.4 Å². The highest BCUT2D eigenvalue weighted by molar-refractivity contribution is 7.90. The number of sulfone groups is 1. The van der Waals surface area contributed by atoms with Gasteiger partial charge < -0.3 is 15.7 Å². The molecule has 0 aliphatic carbocycles. The van der Waals surface area contributed by atoms with Crippen molar-refractivity contribution >= 4 is 27.5 Å². The van der Waals surface area contributed by atoms with Gasteiger partial charge in [0.25, 0.3) is 0 Å². The fraction of sp³-hybridized carbons (Fsp3) is 0.259. The summed E-state index contributed by atoms with van der Waals surface area (Å²) in [5, 5.41) is 14.9. The Balaban J connectivity index is 1.92. The molecule has 0 aromatic heterocycles. The van der Waals surface area contributed by atoms with Crippen molar-refractivity contribution in [2.75, 3.05) is 11.6 Å². The predicted molar refractivity (Wildman–Crippen MR) is 137 cm³/mol. The smallest absolute Gasteiger partial charge is 0.335 e. The van der Waals surface area contributed by atoms with Gasteiger partial charge in [0.15, 0.2) is 9.84 Å². The average Bonchev–Trinajstić information content (AvgIpc) is 2.77. The molecule has 1 atom stereocenters. The van der Waals surface area contributed by atoms with Gasteiger partial charge in [-0.3, -0.25) is 0 Å². The number of carbonyl (C=O) groups excluding carboxylic acids is 1. The lowest BCUT2D eigenvalue weighted by Gasteiger charge is -2.23. The van der Waals surface area contributed by atoms with E-state index in [-0.39, 0.29) is 15.9 Å². The number of benzene rings is 3. The molecule has 0 heterocycles. The summed E-state index contributed by atoms with van der Waals surface area (Å²) in [4.78, 5) is 24.4. The van der Waals surface area contributed by atoms with Crippen LogP contribution in [0.25, 0.3) is 0 Å². The molecule has 0 fully saturated rings. The quantitative estimate of drug-likeness (QED) is 0.430. The number of nitrogens with one attached hydrogen (secondary N) is 2. The second-order valence-corrected chi connectivity index (χ2v) is 11.6. The third-order valence-corrected chi connectivity index (χ3v) is 6.96. The van der Waals surface area contributed by atoms with Crippen LogP contribution in [0.2, 0.25) is 0 Å². The summed E-state index contributed by atoms with van der Waals surface area (Å²) in [7, 11) is -3.45. The number of hydrogen-bond acceptors (Lipinski definition) is 4. The van der Waals surface area contributed by atoms with Gasteiger partial charge in [-0.2, -0.15) is 0 Å². The molecule has 3 N–H and O–H groups in total. The lowest BCUT2D eigenvalue weighted by molar-refractivity contribution is 0.0696. The lowest BCUT2D eigenvalue weighted by Crippen LogP contribution is -2.33. The van der Waals surface area contributed by atoms with Crippen molar-refractivity contribution in [3.05, 3.63) is 94.5 Å². The summed E-state index contributed by atoms with van der Waals surface area (Å²) in [6, 6.07) is 17.8. The number of carbonyl (C=O) groups is 2. The number of carboxylic acid groups (broad SMARTS) is 1. The van der Waals surface area contributed by atoms with Crippen LogP contribution >= 0.6 is 0 Å². The molecule has 0 radical (unpaired) electrons. The van der Waals surface area contributed by atoms with Gasteiger partial charge in [-0.05, 0) is 58.9 Å². The third kappa shape index (κ3) is 6.48. The van der Waals surface area contributed by atoms with Crippen LogP contribution in [0.4, 0.5) is 10.5 Å². The average molecular weight is 495 g/mol. The Hall–Kier alpha value is -3.65. The molecule has 35 heavy (non-hydrogen) atoms. The minimum atomic E-state index is -3.45. The normalized spacial score (nSPS) is 12.6. The summed E-state index contributed by atoms with van der Waals surface area (Å²) in [5.74, 6) is -1.03. The highest BCUT2D eigenvalue weighted by Gasteiger charge is 2.20. The standard InChI is InChI=1S/C27H30N2O5S/c1-17-6-15-22(16-23(17)35(5,33)34)28-26(32)29-24(18-7-9-20(10-8-18)25(30)31)19-11-13-21(14-12-19)27(2,3)4/h6-16,24H,1-5H3,(H,30,31)(H2,28,29,32). The predicted octanol–water partition coefficient (Wildman–Crippen LogP) is 5.31. The molecule has 0 spiro atoms. The maximum atomic E-state index is 13.0. The number of aromatic carboxylic acids is 1. The molecule has 1 unspecified atom stereocenters. The fourth-order valence-corrected chi connectivity index (χ4v) is 4.72. The van der Waals surface area contributed by atoms with Crippen LogP contribution in [0.1, 0.15) is 59.4 Å². The van der Waals surface area contributed by atoms with Gasteiger partial charge >= 0.3 is 12.0 Å². The molecule has 0 saturated heterocycles. The van der Waals surface area contributed by atoms with Crippen LogP contribution in [0.15, 0.2) is 71.6 Å². The Bertz CT molecular complexity index is 1340. The summed E-state index contributed by atoms with van der Waals surface area (Å²) in [5.41, 5.74) is 3.70. The van der Waals surface area contributed by atoms with Gasteiger partial charge in [0.05, 0.1) is 16.5 Å². The second-order valence-electron chi connectivity index (χ2n) is 9.58. The molecular weight excluding hydrogens is 464 g/mol. The van der Waals surface area contributed by atoms with Crippen molar-refractivity contribution in [3.8, 4) is 0 Å². The summed E-state index contributed by atoms with van der Waals surface area (Å²) >= 11 is 0. The summed E-state index contributed by atoms with van der Waals surface area (Å²) in [6.45, 7) is 8.03. The van der Waals surface area contributed by atoms with Crippen molar-refractivity contribution in [2.24, 2.45) is 0 Å². The molecule has 2 amide bonds. The van der Waals surface area contributed by atoms with Gasteiger partial charge in [0.2, 0.25) is 0 Å². The second kappa shape index (κ2) is 9.92. The number of hydrogen-bond donors (Lipinski definition) is 3. The number of rotatable bonds is 6. The number of amides is 2. The molecule has 3 aromatic carbocycles. The molecule has 0 aliphatic heterocycles. The van der Waals surface area contributed by atoms with E-state index in [1.807, 2.05) is 24.3 Å². The first kappa shape index (κ1) is 26.0. The maximum Gasteiger partial charge on any atom is 0.335 e. The van der Waals surface area contributed by atoms with Gasteiger partial charge in [0.1, 0.15) is 0 Å². The van der Waals surface area contributed by atoms with E-state index in [4.69, 9.17) is 0 Å². The zero-order valence-corrected chi connectivity index (χ0v) is 21.2. The monoisotopic (exact) mass is 494 g/mol. The van der Waals surface area contributed by atoms with E-state index in [1.54, 1.807) is 31.2 Å². The SMILES string of the molecule is Cc1ccc(NC(=O)NC(c2ccc(C(=O)O)cc2)c2ccc(C(C)(C)C)cc2)cc1S(C)(=O)=O. The Morgan fingerprint density at radius 2 is 1.43 bits per heavy atom. The Morgan fingerprint density at radius 3 is 1.91 bits per heavy atom. The minimum absolute atomic E-state index is 0.0370. The van der Waals surface area contributed by atoms with Crippen molar-refractivity contribution in [2.45, 2.75) is 44.0 Å². The molecule has 3 rings (SSSR count). The molecule has 7 nitrogen and oxygen atoms in total. The first-order valence-corrected chi connectivity index (χ1v) is 13.0. The van der Waals surface area contributed by atoms with Crippen LogP contribution in [0, 0.1) is 6.92 Å². The third-order valence-electron chi connectivity index (χ3n) is 5.72. The molecule has 3 aromatic rings. The van der Waals surface area contributed by atoms with Crippen LogP contribution in [-0.4, -0.2) is 31.8 Å².